The Morgan fingerprint density at radius 2 is 2.05 bits per heavy atom. The van der Waals surface area contributed by atoms with Crippen LogP contribution in [-0.2, 0) is 16.6 Å². The smallest absolute Gasteiger partial charge is 0.220 e. The van der Waals surface area contributed by atoms with Crippen molar-refractivity contribution in [1.29, 1.82) is 0 Å². The van der Waals surface area contributed by atoms with E-state index in [0.717, 1.165) is 17.7 Å². The van der Waals surface area contributed by atoms with Gasteiger partial charge in [-0.05, 0) is 23.1 Å². The molecule has 1 aromatic carbocycles. The zero-order valence-electron chi connectivity index (χ0n) is 12.2. The molecule has 0 bridgehead atoms. The van der Waals surface area contributed by atoms with Gasteiger partial charge >= 0.3 is 0 Å². The van der Waals surface area contributed by atoms with Crippen LogP contribution >= 0.6 is 22.9 Å². The lowest BCUT2D eigenvalue weighted by atomic mass is 9.81. The molecule has 1 amide bonds. The molecule has 0 unspecified atom stereocenters. The van der Waals surface area contributed by atoms with Gasteiger partial charge in [0.05, 0.1) is 11.2 Å². The standard InChI is InChI=1S/C16H19ClN2OS/c1-16(2,12-3-5-13(17)6-4-12)9-15(20)18-8-7-14-10-21-11-19-14/h3-6,10-11H,7-9H2,1-2H3,(H,18,20). The van der Waals surface area contributed by atoms with Crippen molar-refractivity contribution in [1.82, 2.24) is 10.3 Å². The molecule has 0 spiro atoms. The first kappa shape index (κ1) is 16.0. The molecule has 2 rings (SSSR count). The van der Waals surface area contributed by atoms with Crippen molar-refractivity contribution >= 4 is 28.8 Å². The summed E-state index contributed by atoms with van der Waals surface area (Å²) in [6.45, 7) is 4.76. The van der Waals surface area contributed by atoms with E-state index in [0.29, 0.717) is 18.0 Å². The Morgan fingerprint density at radius 1 is 1.33 bits per heavy atom. The minimum atomic E-state index is -0.213. The van der Waals surface area contributed by atoms with Crippen molar-refractivity contribution in [2.24, 2.45) is 0 Å². The van der Waals surface area contributed by atoms with Crippen molar-refractivity contribution in [3.05, 3.63) is 51.4 Å². The van der Waals surface area contributed by atoms with Crippen LogP contribution in [0.4, 0.5) is 0 Å². The second kappa shape index (κ2) is 7.05. The number of benzene rings is 1. The lowest BCUT2D eigenvalue weighted by molar-refractivity contribution is -0.122. The molecular formula is C16H19ClN2OS. The summed E-state index contributed by atoms with van der Waals surface area (Å²) in [6, 6.07) is 7.67. The van der Waals surface area contributed by atoms with E-state index in [9.17, 15) is 4.79 Å². The molecule has 112 valence electrons. The summed E-state index contributed by atoms with van der Waals surface area (Å²) >= 11 is 7.47. The minimum Gasteiger partial charge on any atom is -0.356 e. The topological polar surface area (TPSA) is 42.0 Å². The van der Waals surface area contributed by atoms with Crippen LogP contribution in [-0.4, -0.2) is 17.4 Å². The van der Waals surface area contributed by atoms with Gasteiger partial charge in [0.15, 0.2) is 0 Å². The van der Waals surface area contributed by atoms with Gasteiger partial charge in [-0.25, -0.2) is 4.98 Å². The van der Waals surface area contributed by atoms with Gasteiger partial charge < -0.3 is 5.32 Å². The van der Waals surface area contributed by atoms with Crippen molar-refractivity contribution in [2.75, 3.05) is 6.54 Å². The Balaban J connectivity index is 1.84. The normalized spacial score (nSPS) is 11.4. The number of nitrogens with one attached hydrogen (secondary N) is 1. The number of halogens is 1. The average molecular weight is 323 g/mol. The van der Waals surface area contributed by atoms with E-state index in [4.69, 9.17) is 11.6 Å². The maximum absolute atomic E-state index is 12.1. The summed E-state index contributed by atoms with van der Waals surface area (Å²) in [6.07, 6.45) is 1.22. The highest BCUT2D eigenvalue weighted by molar-refractivity contribution is 7.07. The first-order valence-corrected chi connectivity index (χ1v) is 8.19. The average Bonchev–Trinajstić information content (AvgIpc) is 2.92. The van der Waals surface area contributed by atoms with E-state index in [-0.39, 0.29) is 11.3 Å². The number of carbonyl (C=O) groups excluding carboxylic acids is 1. The number of hydrogen-bond acceptors (Lipinski definition) is 3. The lowest BCUT2D eigenvalue weighted by Crippen LogP contribution is -2.32. The highest BCUT2D eigenvalue weighted by atomic mass is 35.5. The second-order valence-corrected chi connectivity index (χ2v) is 6.80. The Kier molecular flexibility index (Phi) is 5.37. The van der Waals surface area contributed by atoms with E-state index < -0.39 is 0 Å². The molecule has 0 aliphatic rings. The zero-order valence-corrected chi connectivity index (χ0v) is 13.8. The van der Waals surface area contributed by atoms with Gasteiger partial charge in [-0.15, -0.1) is 11.3 Å². The Hall–Kier alpha value is -1.39. The van der Waals surface area contributed by atoms with Gasteiger partial charge in [-0.2, -0.15) is 0 Å². The fourth-order valence-electron chi connectivity index (χ4n) is 2.16. The molecule has 2 aromatic rings. The van der Waals surface area contributed by atoms with Crippen LogP contribution in [0.2, 0.25) is 5.02 Å². The first-order valence-electron chi connectivity index (χ1n) is 6.87. The first-order chi connectivity index (χ1) is 9.97. The predicted octanol–water partition coefficient (Wildman–Crippen LogP) is 3.82. The molecule has 0 aliphatic heterocycles. The largest absolute Gasteiger partial charge is 0.356 e. The fraction of sp³-hybridized carbons (Fsp3) is 0.375. The minimum absolute atomic E-state index is 0.0604. The van der Waals surface area contributed by atoms with Gasteiger partial charge in [-0.3, -0.25) is 4.79 Å². The van der Waals surface area contributed by atoms with Gasteiger partial charge in [-0.1, -0.05) is 37.6 Å². The Labute approximate surface area is 134 Å². The third-order valence-corrected chi connectivity index (χ3v) is 4.30. The van der Waals surface area contributed by atoms with E-state index in [1.807, 2.05) is 29.6 Å². The maximum atomic E-state index is 12.1. The molecule has 0 saturated carbocycles. The molecule has 3 nitrogen and oxygen atoms in total. The van der Waals surface area contributed by atoms with E-state index >= 15 is 0 Å². The summed E-state index contributed by atoms with van der Waals surface area (Å²) in [5.74, 6) is 0.0604. The molecule has 0 radical (unpaired) electrons. The zero-order chi connectivity index (χ0) is 15.3. The summed E-state index contributed by atoms with van der Waals surface area (Å²) in [5, 5.41) is 5.67. The van der Waals surface area contributed by atoms with Gasteiger partial charge in [0.25, 0.3) is 0 Å². The fourth-order valence-corrected chi connectivity index (χ4v) is 2.88. The second-order valence-electron chi connectivity index (χ2n) is 5.65. The van der Waals surface area contributed by atoms with Gasteiger partial charge in [0.2, 0.25) is 5.91 Å². The maximum Gasteiger partial charge on any atom is 0.220 e. The molecule has 0 saturated heterocycles. The van der Waals surface area contributed by atoms with Crippen LogP contribution in [0, 0.1) is 0 Å². The molecule has 1 heterocycles. The van der Waals surface area contributed by atoms with Crippen LogP contribution in [0.15, 0.2) is 35.2 Å². The monoisotopic (exact) mass is 322 g/mol. The summed E-state index contributed by atoms with van der Waals surface area (Å²) in [5.41, 5.74) is 3.73. The van der Waals surface area contributed by atoms with E-state index in [1.54, 1.807) is 16.8 Å². The molecule has 0 atom stereocenters. The van der Waals surface area contributed by atoms with Crippen molar-refractivity contribution in [2.45, 2.75) is 32.1 Å². The number of aromatic nitrogens is 1. The van der Waals surface area contributed by atoms with Crippen molar-refractivity contribution in [3.8, 4) is 0 Å². The van der Waals surface area contributed by atoms with Crippen LogP contribution < -0.4 is 5.32 Å². The molecule has 5 heteroatoms. The highest BCUT2D eigenvalue weighted by Gasteiger charge is 2.24. The van der Waals surface area contributed by atoms with Crippen molar-refractivity contribution in [3.63, 3.8) is 0 Å². The van der Waals surface area contributed by atoms with Crippen LogP contribution in [0.3, 0.4) is 0 Å². The molecule has 0 aliphatic carbocycles. The van der Waals surface area contributed by atoms with E-state index in [1.165, 1.54) is 0 Å². The number of nitrogens with zero attached hydrogens (tertiary/aromatic N) is 1. The molecule has 1 aromatic heterocycles. The van der Waals surface area contributed by atoms with Crippen LogP contribution in [0.1, 0.15) is 31.5 Å². The summed E-state index contributed by atoms with van der Waals surface area (Å²) in [4.78, 5) is 16.3. The number of rotatable bonds is 6. The SMILES string of the molecule is CC(C)(CC(=O)NCCc1cscn1)c1ccc(Cl)cc1. The summed E-state index contributed by atoms with van der Waals surface area (Å²) < 4.78 is 0. The molecule has 21 heavy (non-hydrogen) atoms. The van der Waals surface area contributed by atoms with Gasteiger partial charge in [0, 0.05) is 29.8 Å². The molecule has 1 N–H and O–H groups in total. The van der Waals surface area contributed by atoms with Crippen LogP contribution in [0.5, 0.6) is 0 Å². The molecular weight excluding hydrogens is 304 g/mol. The quantitative estimate of drug-likeness (QED) is 0.878. The number of thiazole rings is 1. The number of amides is 1. The predicted molar refractivity (Wildman–Crippen MR) is 87.9 cm³/mol. The lowest BCUT2D eigenvalue weighted by Gasteiger charge is -2.24. The Bertz CT molecular complexity index is 579. The van der Waals surface area contributed by atoms with Gasteiger partial charge in [0.1, 0.15) is 0 Å². The molecule has 0 fully saturated rings. The third-order valence-electron chi connectivity index (χ3n) is 3.41. The summed E-state index contributed by atoms with van der Waals surface area (Å²) in [7, 11) is 0. The number of hydrogen-bond donors (Lipinski definition) is 1. The Morgan fingerprint density at radius 3 is 2.67 bits per heavy atom. The van der Waals surface area contributed by atoms with Crippen molar-refractivity contribution < 1.29 is 4.79 Å². The third kappa shape index (κ3) is 4.83. The number of carbonyl (C=O) groups is 1. The highest BCUT2D eigenvalue weighted by Crippen LogP contribution is 2.27. The van der Waals surface area contributed by atoms with E-state index in [2.05, 4.69) is 24.1 Å². The van der Waals surface area contributed by atoms with Crippen LogP contribution in [0.25, 0.3) is 0 Å².